The molecule has 148 valence electrons. The topological polar surface area (TPSA) is 150 Å². The zero-order valence-corrected chi connectivity index (χ0v) is 15.9. The molecule has 0 atom stereocenters. The number of ether oxygens (including phenoxy) is 2. The number of amidine groups is 1. The van der Waals surface area contributed by atoms with Gasteiger partial charge in [0.25, 0.3) is 10.9 Å². The van der Waals surface area contributed by atoms with Crippen LogP contribution in [-0.4, -0.2) is 15.3 Å². The molecule has 0 heterocycles. The molecule has 0 spiro atoms. The zero-order valence-electron chi connectivity index (χ0n) is 14.3. The molecule has 0 saturated carbocycles. The van der Waals surface area contributed by atoms with Crippen LogP contribution in [0.3, 0.4) is 0 Å². The van der Waals surface area contributed by atoms with Gasteiger partial charge >= 0.3 is 0 Å². The summed E-state index contributed by atoms with van der Waals surface area (Å²) < 4.78 is 24.6. The highest BCUT2D eigenvalue weighted by molar-refractivity contribution is 8.13. The van der Waals surface area contributed by atoms with Crippen molar-refractivity contribution in [2.24, 2.45) is 11.6 Å². The second kappa shape index (κ2) is 9.82. The van der Waals surface area contributed by atoms with Crippen molar-refractivity contribution >= 4 is 40.0 Å². The maximum absolute atomic E-state index is 13.6. The fourth-order valence-corrected chi connectivity index (χ4v) is 2.71. The smallest absolute Gasteiger partial charge is 0.271 e. The molecule has 2 aromatic carbocycles. The molecule has 2 aromatic rings. The number of nitro benzene ring substituents is 1. The Morgan fingerprint density at radius 2 is 1.96 bits per heavy atom. The van der Waals surface area contributed by atoms with E-state index in [0.29, 0.717) is 16.9 Å². The lowest BCUT2D eigenvalue weighted by Crippen LogP contribution is -2.30. The summed E-state index contributed by atoms with van der Waals surface area (Å²) in [6.45, 7) is -0.140. The van der Waals surface area contributed by atoms with Crippen LogP contribution < -0.4 is 21.7 Å². The average molecular weight is 425 g/mol. The molecule has 0 aromatic heterocycles. The molecule has 0 bridgehead atoms. The highest BCUT2D eigenvalue weighted by Gasteiger charge is 2.15. The van der Waals surface area contributed by atoms with E-state index < -0.39 is 10.7 Å². The predicted octanol–water partition coefficient (Wildman–Crippen LogP) is 2.92. The van der Waals surface area contributed by atoms with Crippen molar-refractivity contribution in [3.8, 4) is 11.5 Å². The minimum absolute atomic E-state index is 0.0993. The van der Waals surface area contributed by atoms with Crippen LogP contribution in [0.25, 0.3) is 0 Å². The van der Waals surface area contributed by atoms with Gasteiger partial charge in [-0.2, -0.15) is 0 Å². The summed E-state index contributed by atoms with van der Waals surface area (Å²) in [5, 5.41) is 18.1. The Balaban J connectivity index is 2.35. The van der Waals surface area contributed by atoms with Gasteiger partial charge in [0, 0.05) is 29.0 Å². The molecular formula is C16H16FN5O4S2. The Hall–Kier alpha value is -2.96. The minimum atomic E-state index is -0.556. The van der Waals surface area contributed by atoms with Crippen molar-refractivity contribution in [2.75, 3.05) is 0 Å². The molecule has 6 N–H and O–H groups in total. The Kier molecular flexibility index (Phi) is 7.49. The average Bonchev–Trinajstić information content (AvgIpc) is 2.66. The van der Waals surface area contributed by atoms with Crippen molar-refractivity contribution in [2.45, 2.75) is 12.4 Å². The number of nitro groups is 1. The molecule has 0 unspecified atom stereocenters. The number of thioether (sulfide) groups is 1. The summed E-state index contributed by atoms with van der Waals surface area (Å²) in [5.41, 5.74) is 8.11. The van der Waals surface area contributed by atoms with Crippen molar-refractivity contribution in [3.05, 3.63) is 63.5 Å². The van der Waals surface area contributed by atoms with E-state index in [4.69, 9.17) is 38.7 Å². The fraction of sp³-hybridized carbons (Fsp3) is 0.125. The number of thiocarbonyl (C=S) groups is 1. The quantitative estimate of drug-likeness (QED) is 0.131. The van der Waals surface area contributed by atoms with Crippen LogP contribution >= 0.6 is 24.0 Å². The second-order valence-electron chi connectivity index (χ2n) is 5.28. The van der Waals surface area contributed by atoms with E-state index in [9.17, 15) is 14.5 Å². The minimum Gasteiger partial charge on any atom is -0.465 e. The number of non-ortho nitro benzene ring substituents is 1. The van der Waals surface area contributed by atoms with E-state index in [1.165, 1.54) is 36.4 Å². The van der Waals surface area contributed by atoms with Crippen molar-refractivity contribution in [1.29, 1.82) is 5.41 Å². The molecule has 0 saturated heterocycles. The number of hydrogen-bond donors (Lipinski definition) is 4. The van der Waals surface area contributed by atoms with Crippen LogP contribution in [0.4, 0.5) is 10.1 Å². The number of nitrogens with zero attached hydrogens (tertiary/aromatic N) is 1. The third kappa shape index (κ3) is 6.04. The number of nitrogens with two attached hydrogens (primary N) is 2. The number of hydrazine groups is 1. The lowest BCUT2D eigenvalue weighted by atomic mass is 10.1. The lowest BCUT2D eigenvalue weighted by Gasteiger charge is -2.15. The Morgan fingerprint density at radius 3 is 2.61 bits per heavy atom. The summed E-state index contributed by atoms with van der Waals surface area (Å²) in [6.07, 6.45) is 0. The van der Waals surface area contributed by atoms with Gasteiger partial charge in [-0.15, -0.1) is 0 Å². The molecule has 0 aliphatic heterocycles. The van der Waals surface area contributed by atoms with E-state index in [1.54, 1.807) is 0 Å². The van der Waals surface area contributed by atoms with Gasteiger partial charge in [-0.1, -0.05) is 11.8 Å². The van der Waals surface area contributed by atoms with Crippen LogP contribution in [-0.2, 0) is 17.1 Å². The van der Waals surface area contributed by atoms with Crippen LogP contribution in [0.2, 0.25) is 0 Å². The summed E-state index contributed by atoms with van der Waals surface area (Å²) in [4.78, 5) is 10.5. The fourth-order valence-electron chi connectivity index (χ4n) is 2.11. The molecule has 28 heavy (non-hydrogen) atoms. The summed E-state index contributed by atoms with van der Waals surface area (Å²) in [6, 6.07) is 7.85. The molecule has 0 radical (unpaired) electrons. The zero-order chi connectivity index (χ0) is 20.7. The van der Waals surface area contributed by atoms with Gasteiger partial charge < -0.3 is 15.2 Å². The molecule has 12 heteroatoms. The van der Waals surface area contributed by atoms with Crippen LogP contribution in [0.1, 0.15) is 11.1 Å². The predicted molar refractivity (Wildman–Crippen MR) is 107 cm³/mol. The van der Waals surface area contributed by atoms with E-state index in [-0.39, 0.29) is 34.1 Å². The summed E-state index contributed by atoms with van der Waals surface area (Å²) >= 11 is 5.80. The van der Waals surface area contributed by atoms with E-state index in [1.807, 2.05) is 0 Å². The molecular weight excluding hydrogens is 409 g/mol. The standard InChI is InChI=1S/C16H16FN5O4S2/c17-11-1-3-14(10(5-11)8-28-15(18)19)26-13-4-2-12(22(23)24)6-9(13)7-25-16(27)21-20/h1-6H,7-8,20H2,(H3,18,19)(H,21,27). The van der Waals surface area contributed by atoms with Gasteiger partial charge in [0.1, 0.15) is 23.9 Å². The highest BCUT2D eigenvalue weighted by atomic mass is 32.2. The highest BCUT2D eigenvalue weighted by Crippen LogP contribution is 2.33. The largest absolute Gasteiger partial charge is 0.465 e. The molecule has 2 rings (SSSR count). The first kappa shape index (κ1) is 21.3. The molecule has 0 fully saturated rings. The number of hydrogen-bond acceptors (Lipinski definition) is 8. The summed E-state index contributed by atoms with van der Waals surface area (Å²) in [5.74, 6) is 5.45. The lowest BCUT2D eigenvalue weighted by molar-refractivity contribution is -0.385. The number of halogens is 1. The first-order chi connectivity index (χ1) is 13.3. The SMILES string of the molecule is N=C(N)SCc1cc(F)ccc1Oc1ccc([N+](=O)[O-])cc1COC(=S)NN. The summed E-state index contributed by atoms with van der Waals surface area (Å²) in [7, 11) is 0. The van der Waals surface area contributed by atoms with Crippen LogP contribution in [0.5, 0.6) is 11.5 Å². The third-order valence-corrected chi connectivity index (χ3v) is 4.36. The molecule has 0 aliphatic carbocycles. The molecule has 0 amide bonds. The monoisotopic (exact) mass is 425 g/mol. The second-order valence-corrected chi connectivity index (χ2v) is 6.66. The van der Waals surface area contributed by atoms with Crippen molar-refractivity contribution < 1.29 is 18.8 Å². The Labute approximate surface area is 168 Å². The van der Waals surface area contributed by atoms with E-state index in [2.05, 4.69) is 5.43 Å². The number of rotatable bonds is 7. The number of benzene rings is 2. The van der Waals surface area contributed by atoms with Crippen molar-refractivity contribution in [1.82, 2.24) is 5.43 Å². The van der Waals surface area contributed by atoms with E-state index >= 15 is 0 Å². The van der Waals surface area contributed by atoms with Crippen molar-refractivity contribution in [3.63, 3.8) is 0 Å². The normalized spacial score (nSPS) is 10.2. The van der Waals surface area contributed by atoms with Gasteiger partial charge in [-0.3, -0.25) is 20.9 Å². The maximum Gasteiger partial charge on any atom is 0.271 e. The Morgan fingerprint density at radius 1 is 1.29 bits per heavy atom. The Bertz CT molecular complexity index is 913. The van der Waals surface area contributed by atoms with Gasteiger partial charge in [0.2, 0.25) is 0 Å². The first-order valence-electron chi connectivity index (χ1n) is 7.64. The number of nitrogens with one attached hydrogen (secondary N) is 2. The first-order valence-corrected chi connectivity index (χ1v) is 9.03. The molecule has 9 nitrogen and oxygen atoms in total. The molecule has 0 aliphatic rings. The van der Waals surface area contributed by atoms with Crippen LogP contribution in [0.15, 0.2) is 36.4 Å². The van der Waals surface area contributed by atoms with Gasteiger partial charge in [0.15, 0.2) is 5.17 Å². The van der Waals surface area contributed by atoms with Gasteiger partial charge in [0.05, 0.1) is 4.92 Å². The third-order valence-electron chi connectivity index (χ3n) is 3.36. The maximum atomic E-state index is 13.6. The van der Waals surface area contributed by atoms with Crippen LogP contribution in [0, 0.1) is 21.3 Å². The van der Waals surface area contributed by atoms with E-state index in [0.717, 1.165) is 11.8 Å². The van der Waals surface area contributed by atoms with Gasteiger partial charge in [-0.25, -0.2) is 10.2 Å². The van der Waals surface area contributed by atoms with Gasteiger partial charge in [-0.05, 0) is 36.5 Å².